The van der Waals surface area contributed by atoms with Crippen molar-refractivity contribution in [3.63, 3.8) is 0 Å². The Morgan fingerprint density at radius 2 is 1.60 bits per heavy atom. The Kier molecular flexibility index (Phi) is 9.34. The number of rotatable bonds is 7. The van der Waals surface area contributed by atoms with Crippen molar-refractivity contribution in [3.05, 3.63) is 11.1 Å². The maximum absolute atomic E-state index is 14.0. The number of carboxylic acid groups (broad SMARTS) is 1. The number of Topliss-reactive ketones (excluding diaryl/α,β-unsaturated/α-hetero) is 1. The molecule has 0 spiro atoms. The molecular weight excluding hydrogens is 628 g/mol. The number of hydrogen-bond acceptors (Lipinski definition) is 6. The lowest BCUT2D eigenvalue weighted by atomic mass is 9.34. The third-order valence-electron chi connectivity index (χ3n) is 16.2. The SMILES string of the molecule is CC(C)C1C(=O)C[C@]2(NC(=O)C3CCN(C)CC3)CC[C@]3(C)C(=C12)CC[C@@H]1[C@@]2(C)CC[C@H](OC(=O)CC(C)(C)C(=O)O)C(C)(C)[C@@H]2CC[C@]13C. The van der Waals surface area contributed by atoms with E-state index in [0.29, 0.717) is 24.0 Å². The molecule has 1 aliphatic heterocycles. The molecule has 0 aromatic carbocycles. The highest BCUT2D eigenvalue weighted by molar-refractivity contribution is 5.93. The number of allylic oxidation sites excluding steroid dienone is 1. The van der Waals surface area contributed by atoms with Gasteiger partial charge in [0.05, 0.1) is 17.4 Å². The Morgan fingerprint density at radius 3 is 2.22 bits per heavy atom. The molecule has 0 aromatic rings. The fraction of sp³-hybridized carbons (Fsp3) is 0.857. The minimum atomic E-state index is -1.16. The number of likely N-dealkylation sites (tertiary alicyclic amines) is 1. The van der Waals surface area contributed by atoms with Gasteiger partial charge in [0.2, 0.25) is 5.91 Å². The Hall–Kier alpha value is -2.22. The average Bonchev–Trinajstić information content (AvgIpc) is 3.30. The smallest absolute Gasteiger partial charge is 0.309 e. The highest BCUT2D eigenvalue weighted by Crippen LogP contribution is 2.75. The molecule has 6 aliphatic rings. The molecule has 1 heterocycles. The first-order chi connectivity index (χ1) is 23.1. The number of esters is 1. The monoisotopic (exact) mass is 694 g/mol. The molecule has 8 atom stereocenters. The molecule has 4 saturated carbocycles. The van der Waals surface area contributed by atoms with Crippen molar-refractivity contribution < 1.29 is 29.0 Å². The van der Waals surface area contributed by atoms with Crippen LogP contribution in [0.3, 0.4) is 0 Å². The molecule has 1 amide bonds. The Bertz CT molecular complexity index is 1460. The predicted molar refractivity (Wildman–Crippen MR) is 194 cm³/mol. The quantitative estimate of drug-likeness (QED) is 0.209. The summed E-state index contributed by atoms with van der Waals surface area (Å²) >= 11 is 0. The van der Waals surface area contributed by atoms with E-state index in [1.165, 1.54) is 11.1 Å². The summed E-state index contributed by atoms with van der Waals surface area (Å²) in [5.74, 6) is -0.0239. The minimum Gasteiger partial charge on any atom is -0.481 e. The van der Waals surface area contributed by atoms with Gasteiger partial charge in [-0.15, -0.1) is 0 Å². The summed E-state index contributed by atoms with van der Waals surface area (Å²) in [5, 5.41) is 13.2. The number of amides is 1. The fourth-order valence-electron chi connectivity index (χ4n) is 13.1. The van der Waals surface area contributed by atoms with Crippen LogP contribution in [0.25, 0.3) is 0 Å². The Morgan fingerprint density at radius 1 is 0.940 bits per heavy atom. The van der Waals surface area contributed by atoms with Crippen LogP contribution >= 0.6 is 0 Å². The molecule has 8 nitrogen and oxygen atoms in total. The van der Waals surface area contributed by atoms with Gasteiger partial charge in [-0.2, -0.15) is 0 Å². The second-order valence-electron chi connectivity index (χ2n) is 20.0. The van der Waals surface area contributed by atoms with Gasteiger partial charge >= 0.3 is 11.9 Å². The van der Waals surface area contributed by atoms with Crippen LogP contribution in [-0.4, -0.2) is 65.4 Å². The number of carbonyl (C=O) groups excluding carboxylic acids is 3. The molecule has 2 N–H and O–H groups in total. The van der Waals surface area contributed by atoms with Crippen molar-refractivity contribution in [2.24, 2.45) is 56.7 Å². The van der Waals surface area contributed by atoms with Gasteiger partial charge in [-0.3, -0.25) is 19.2 Å². The van der Waals surface area contributed by atoms with Gasteiger partial charge in [-0.1, -0.05) is 54.0 Å². The number of piperidine rings is 1. The number of carboxylic acids is 1. The summed E-state index contributed by atoms with van der Waals surface area (Å²) in [6.07, 6.45) is 9.56. The summed E-state index contributed by atoms with van der Waals surface area (Å²) in [5.41, 5.74) is 0.879. The summed E-state index contributed by atoms with van der Waals surface area (Å²) < 4.78 is 6.16. The molecular formula is C42H66N2O6. The van der Waals surface area contributed by atoms with Crippen molar-refractivity contribution in [3.8, 4) is 0 Å². The maximum atomic E-state index is 14.0. The van der Waals surface area contributed by atoms with E-state index in [-0.39, 0.29) is 57.8 Å². The molecule has 8 heteroatoms. The molecule has 6 rings (SSSR count). The van der Waals surface area contributed by atoms with E-state index >= 15 is 0 Å². The van der Waals surface area contributed by atoms with Crippen molar-refractivity contribution in [1.82, 2.24) is 10.2 Å². The van der Waals surface area contributed by atoms with E-state index < -0.39 is 22.9 Å². The van der Waals surface area contributed by atoms with Crippen molar-refractivity contribution in [2.45, 2.75) is 151 Å². The molecule has 5 fully saturated rings. The lowest BCUT2D eigenvalue weighted by molar-refractivity contribution is -0.214. The van der Waals surface area contributed by atoms with Crippen LogP contribution in [0.1, 0.15) is 139 Å². The number of carbonyl (C=O) groups is 4. The zero-order valence-corrected chi connectivity index (χ0v) is 32.8. The van der Waals surface area contributed by atoms with Crippen LogP contribution in [0.5, 0.6) is 0 Å². The summed E-state index contributed by atoms with van der Waals surface area (Å²) in [4.78, 5) is 55.1. The molecule has 0 bridgehead atoms. The highest BCUT2D eigenvalue weighted by atomic mass is 16.5. The largest absolute Gasteiger partial charge is 0.481 e. The molecule has 0 aromatic heterocycles. The second-order valence-corrected chi connectivity index (χ2v) is 20.0. The standard InChI is InChI=1S/C42H66N2O6/c1-25(2)33-28(45)23-42(43-35(47)26-15-21-44(10)22-16-26)20-19-40(8)27(34(33)42)11-12-30-39(7)17-14-31(50-32(46)24-37(3,4)36(48)49)38(5,6)29(39)13-18-41(30,40)9/h25-26,29-31,33H,11-24H2,1-10H3,(H,43,47)(H,48,49)/t29-,30+,31-,33?,39-,40+,41+,42+/m0/s1. The fourth-order valence-corrected chi connectivity index (χ4v) is 13.1. The number of aliphatic carboxylic acids is 1. The third kappa shape index (κ3) is 5.62. The van der Waals surface area contributed by atoms with Crippen molar-refractivity contribution >= 4 is 23.6 Å². The van der Waals surface area contributed by atoms with Crippen LogP contribution in [0.4, 0.5) is 0 Å². The normalized spacial score (nSPS) is 40.4. The van der Waals surface area contributed by atoms with E-state index in [4.69, 9.17) is 4.74 Å². The van der Waals surface area contributed by atoms with Crippen molar-refractivity contribution in [2.75, 3.05) is 20.1 Å². The minimum absolute atomic E-state index is 0.0123. The van der Waals surface area contributed by atoms with Crippen molar-refractivity contribution in [1.29, 1.82) is 0 Å². The van der Waals surface area contributed by atoms with Gasteiger partial charge in [0.1, 0.15) is 11.9 Å². The molecule has 0 radical (unpaired) electrons. The lowest BCUT2D eigenvalue weighted by Gasteiger charge is -2.70. The number of fused-ring (bicyclic) bond motifs is 6. The second kappa shape index (κ2) is 12.4. The van der Waals surface area contributed by atoms with Gasteiger partial charge in [0.25, 0.3) is 0 Å². The van der Waals surface area contributed by atoms with Crippen LogP contribution in [0.2, 0.25) is 0 Å². The summed E-state index contributed by atoms with van der Waals surface area (Å²) in [6.45, 7) is 21.5. The van der Waals surface area contributed by atoms with E-state index in [1.54, 1.807) is 13.8 Å². The number of ether oxygens (including phenoxy) is 1. The number of nitrogens with zero attached hydrogens (tertiary/aromatic N) is 1. The van der Waals surface area contributed by atoms with E-state index in [9.17, 15) is 24.3 Å². The molecule has 50 heavy (non-hydrogen) atoms. The summed E-state index contributed by atoms with van der Waals surface area (Å²) in [6, 6.07) is 0. The van der Waals surface area contributed by atoms with Gasteiger partial charge in [-0.05, 0) is 138 Å². The number of ketones is 1. The topological polar surface area (TPSA) is 113 Å². The highest BCUT2D eigenvalue weighted by Gasteiger charge is 2.69. The van der Waals surface area contributed by atoms with Gasteiger partial charge in [0.15, 0.2) is 0 Å². The lowest BCUT2D eigenvalue weighted by Crippen LogP contribution is -2.65. The molecule has 1 saturated heterocycles. The maximum Gasteiger partial charge on any atom is 0.309 e. The average molecular weight is 695 g/mol. The van der Waals surface area contributed by atoms with Gasteiger partial charge in [0, 0.05) is 23.7 Å². The third-order valence-corrected chi connectivity index (χ3v) is 16.2. The number of nitrogens with one attached hydrogen (secondary N) is 1. The predicted octanol–water partition coefficient (Wildman–Crippen LogP) is 7.59. The number of hydrogen-bond donors (Lipinski definition) is 2. The van der Waals surface area contributed by atoms with Gasteiger partial charge < -0.3 is 20.1 Å². The van der Waals surface area contributed by atoms with Crippen LogP contribution in [-0.2, 0) is 23.9 Å². The summed E-state index contributed by atoms with van der Waals surface area (Å²) in [7, 11) is 2.12. The zero-order chi connectivity index (χ0) is 36.8. The zero-order valence-electron chi connectivity index (χ0n) is 32.8. The van der Waals surface area contributed by atoms with Gasteiger partial charge in [-0.25, -0.2) is 0 Å². The van der Waals surface area contributed by atoms with Crippen LogP contribution < -0.4 is 5.32 Å². The van der Waals surface area contributed by atoms with E-state index in [0.717, 1.165) is 77.3 Å². The van der Waals surface area contributed by atoms with E-state index in [2.05, 4.69) is 65.7 Å². The Balaban J connectivity index is 1.30. The molecule has 280 valence electrons. The Labute approximate surface area is 301 Å². The first kappa shape index (κ1) is 37.5. The van der Waals surface area contributed by atoms with Crippen LogP contribution in [0.15, 0.2) is 11.1 Å². The van der Waals surface area contributed by atoms with Crippen LogP contribution in [0, 0.1) is 56.7 Å². The first-order valence-corrected chi connectivity index (χ1v) is 19.8. The van der Waals surface area contributed by atoms with E-state index in [1.807, 2.05) is 0 Å². The molecule has 1 unspecified atom stereocenters. The first-order valence-electron chi connectivity index (χ1n) is 19.8. The molecule has 5 aliphatic carbocycles.